The van der Waals surface area contributed by atoms with Crippen LogP contribution < -0.4 is 0 Å². The van der Waals surface area contributed by atoms with Crippen molar-refractivity contribution in [1.82, 2.24) is 30.1 Å². The highest BCUT2D eigenvalue weighted by Gasteiger charge is 2.15. The summed E-state index contributed by atoms with van der Waals surface area (Å²) >= 11 is 1.31. The van der Waals surface area contributed by atoms with Crippen molar-refractivity contribution in [3.05, 3.63) is 65.9 Å². The van der Waals surface area contributed by atoms with Crippen LogP contribution in [0.15, 0.2) is 59.0 Å². The van der Waals surface area contributed by atoms with E-state index in [9.17, 15) is 4.39 Å². The van der Waals surface area contributed by atoms with Crippen LogP contribution in [0.25, 0.3) is 22.8 Å². The zero-order valence-corrected chi connectivity index (χ0v) is 15.5. The molecule has 0 unspecified atom stereocenters. The van der Waals surface area contributed by atoms with Gasteiger partial charge in [0.1, 0.15) is 10.8 Å². The summed E-state index contributed by atoms with van der Waals surface area (Å²) in [6.07, 6.45) is 3.43. The van der Waals surface area contributed by atoms with Crippen LogP contribution in [-0.2, 0) is 0 Å². The Balaban J connectivity index is 1.67. The van der Waals surface area contributed by atoms with Crippen LogP contribution in [0, 0.1) is 19.7 Å². The fraction of sp³-hybridized carbons (Fsp3) is 0.105. The minimum atomic E-state index is -0.349. The van der Waals surface area contributed by atoms with Gasteiger partial charge in [-0.05, 0) is 49.9 Å². The van der Waals surface area contributed by atoms with Gasteiger partial charge >= 0.3 is 0 Å². The van der Waals surface area contributed by atoms with Gasteiger partial charge in [-0.25, -0.2) is 19.3 Å². The van der Waals surface area contributed by atoms with E-state index < -0.39 is 0 Å². The van der Waals surface area contributed by atoms with Crippen molar-refractivity contribution in [3.8, 4) is 22.8 Å². The molecule has 0 spiro atoms. The zero-order valence-electron chi connectivity index (χ0n) is 14.6. The van der Waals surface area contributed by atoms with E-state index in [1.807, 2.05) is 26.0 Å². The lowest BCUT2D eigenvalue weighted by molar-refractivity contribution is 0.630. The lowest BCUT2D eigenvalue weighted by Crippen LogP contribution is -1.99. The molecule has 1 N–H and O–H groups in total. The number of nitrogens with one attached hydrogen (secondary N) is 1. The Hall–Kier alpha value is -3.13. The second-order valence-electron chi connectivity index (χ2n) is 5.85. The SMILES string of the molecule is Cc1nc(-c2cccnc2)nc(Sc2n[nH]c(-c3ccccc3F)n2)c1C. The monoisotopic (exact) mass is 378 g/mol. The van der Waals surface area contributed by atoms with Crippen molar-refractivity contribution >= 4 is 11.8 Å². The first-order valence-electron chi connectivity index (χ1n) is 8.22. The van der Waals surface area contributed by atoms with Crippen LogP contribution in [0.5, 0.6) is 0 Å². The van der Waals surface area contributed by atoms with Crippen LogP contribution in [0.3, 0.4) is 0 Å². The Morgan fingerprint density at radius 1 is 1.00 bits per heavy atom. The lowest BCUT2D eigenvalue weighted by Gasteiger charge is -2.08. The largest absolute Gasteiger partial charge is 0.264 e. The van der Waals surface area contributed by atoms with Gasteiger partial charge in [0.15, 0.2) is 11.6 Å². The number of hydrogen-bond donors (Lipinski definition) is 1. The Kier molecular flexibility index (Phi) is 4.64. The van der Waals surface area contributed by atoms with E-state index in [2.05, 4.69) is 30.1 Å². The average Bonchev–Trinajstić information content (AvgIpc) is 3.14. The van der Waals surface area contributed by atoms with Gasteiger partial charge in [-0.3, -0.25) is 10.1 Å². The fourth-order valence-electron chi connectivity index (χ4n) is 2.48. The standard InChI is InChI=1S/C19H15FN6S/c1-11-12(2)22-16(13-6-5-9-21-10-13)23-18(11)27-19-24-17(25-26-19)14-7-3-4-8-15(14)20/h3-10H,1-2H3,(H,24,25,26). The van der Waals surface area contributed by atoms with Gasteiger partial charge in [0.2, 0.25) is 5.16 Å². The minimum absolute atomic E-state index is 0.349. The van der Waals surface area contributed by atoms with Gasteiger partial charge < -0.3 is 0 Å². The normalized spacial score (nSPS) is 10.9. The highest BCUT2D eigenvalue weighted by molar-refractivity contribution is 7.99. The number of benzene rings is 1. The highest BCUT2D eigenvalue weighted by atomic mass is 32.2. The van der Waals surface area contributed by atoms with Crippen molar-refractivity contribution in [3.63, 3.8) is 0 Å². The van der Waals surface area contributed by atoms with Crippen molar-refractivity contribution in [2.75, 3.05) is 0 Å². The van der Waals surface area contributed by atoms with E-state index in [4.69, 9.17) is 0 Å². The third-order valence-corrected chi connectivity index (χ3v) is 5.00. The summed E-state index contributed by atoms with van der Waals surface area (Å²) in [6, 6.07) is 10.2. The van der Waals surface area contributed by atoms with Gasteiger partial charge in [-0.15, -0.1) is 5.10 Å². The Morgan fingerprint density at radius 3 is 2.63 bits per heavy atom. The molecule has 4 aromatic rings. The van der Waals surface area contributed by atoms with Gasteiger partial charge in [0, 0.05) is 29.2 Å². The third kappa shape index (κ3) is 3.56. The predicted octanol–water partition coefficient (Wildman–Crippen LogP) is 4.23. The summed E-state index contributed by atoms with van der Waals surface area (Å²) in [5.41, 5.74) is 3.04. The molecule has 0 bridgehead atoms. The van der Waals surface area contributed by atoms with E-state index in [1.54, 1.807) is 30.6 Å². The molecule has 0 atom stereocenters. The number of H-pyrrole nitrogens is 1. The minimum Gasteiger partial charge on any atom is -0.264 e. The predicted molar refractivity (Wildman–Crippen MR) is 101 cm³/mol. The molecule has 0 radical (unpaired) electrons. The van der Waals surface area contributed by atoms with Gasteiger partial charge in [0.25, 0.3) is 0 Å². The maximum absolute atomic E-state index is 13.9. The van der Waals surface area contributed by atoms with E-state index in [-0.39, 0.29) is 5.82 Å². The molecule has 0 saturated heterocycles. The molecule has 0 fully saturated rings. The molecule has 3 aromatic heterocycles. The van der Waals surface area contributed by atoms with Crippen molar-refractivity contribution in [2.45, 2.75) is 24.0 Å². The number of aromatic amines is 1. The summed E-state index contributed by atoms with van der Waals surface area (Å²) in [7, 11) is 0. The maximum Gasteiger partial charge on any atom is 0.215 e. The Morgan fingerprint density at radius 2 is 1.85 bits per heavy atom. The second-order valence-corrected chi connectivity index (χ2v) is 6.81. The van der Waals surface area contributed by atoms with E-state index in [0.29, 0.717) is 22.4 Å². The fourth-order valence-corrected chi connectivity index (χ4v) is 3.31. The van der Waals surface area contributed by atoms with E-state index >= 15 is 0 Å². The number of rotatable bonds is 4. The molecule has 4 rings (SSSR count). The molecular weight excluding hydrogens is 363 g/mol. The maximum atomic E-state index is 13.9. The van der Waals surface area contributed by atoms with Gasteiger partial charge in [-0.1, -0.05) is 12.1 Å². The summed E-state index contributed by atoms with van der Waals surface area (Å²) < 4.78 is 13.9. The third-order valence-electron chi connectivity index (χ3n) is 4.05. The summed E-state index contributed by atoms with van der Waals surface area (Å²) in [5.74, 6) is 0.628. The quantitative estimate of drug-likeness (QED) is 0.535. The molecule has 3 heterocycles. The number of nitrogens with zero attached hydrogens (tertiary/aromatic N) is 5. The van der Waals surface area contributed by atoms with E-state index in [1.165, 1.54) is 17.8 Å². The second kappa shape index (κ2) is 7.24. The molecule has 1 aromatic carbocycles. The average molecular weight is 378 g/mol. The highest BCUT2D eigenvalue weighted by Crippen LogP contribution is 2.30. The van der Waals surface area contributed by atoms with Gasteiger partial charge in [0.05, 0.1) is 5.56 Å². The van der Waals surface area contributed by atoms with Crippen LogP contribution in [-0.4, -0.2) is 30.1 Å². The molecule has 0 amide bonds. The number of hydrogen-bond acceptors (Lipinski definition) is 6. The molecular formula is C19H15FN6S. The molecule has 0 aliphatic heterocycles. The molecule has 27 heavy (non-hydrogen) atoms. The van der Waals surface area contributed by atoms with Gasteiger partial charge in [-0.2, -0.15) is 0 Å². The van der Waals surface area contributed by atoms with Crippen LogP contribution >= 0.6 is 11.8 Å². The zero-order chi connectivity index (χ0) is 18.8. The summed E-state index contributed by atoms with van der Waals surface area (Å²) in [6.45, 7) is 3.89. The van der Waals surface area contributed by atoms with Crippen molar-refractivity contribution in [1.29, 1.82) is 0 Å². The number of aromatic nitrogens is 6. The molecule has 6 nitrogen and oxygen atoms in total. The molecule has 0 aliphatic carbocycles. The Bertz CT molecular complexity index is 1100. The summed E-state index contributed by atoms with van der Waals surface area (Å²) in [5, 5.41) is 8.19. The van der Waals surface area contributed by atoms with Crippen LogP contribution in [0.2, 0.25) is 0 Å². The number of pyridine rings is 1. The smallest absolute Gasteiger partial charge is 0.215 e. The summed E-state index contributed by atoms with van der Waals surface area (Å²) in [4.78, 5) is 17.7. The van der Waals surface area contributed by atoms with Crippen LogP contribution in [0.4, 0.5) is 4.39 Å². The van der Waals surface area contributed by atoms with Crippen molar-refractivity contribution in [2.24, 2.45) is 0 Å². The Labute approximate surface area is 159 Å². The number of aryl methyl sites for hydroxylation is 1. The topological polar surface area (TPSA) is 80.2 Å². The van der Waals surface area contributed by atoms with Crippen LogP contribution in [0.1, 0.15) is 11.3 Å². The lowest BCUT2D eigenvalue weighted by atomic mass is 10.2. The number of halogens is 1. The first-order valence-corrected chi connectivity index (χ1v) is 9.04. The molecule has 0 aliphatic rings. The molecule has 8 heteroatoms. The van der Waals surface area contributed by atoms with E-state index in [0.717, 1.165) is 21.8 Å². The van der Waals surface area contributed by atoms with Crippen molar-refractivity contribution < 1.29 is 4.39 Å². The first kappa shape index (κ1) is 17.3. The molecule has 0 saturated carbocycles. The first-order chi connectivity index (χ1) is 13.1. The molecule has 134 valence electrons.